The van der Waals surface area contributed by atoms with E-state index in [1.807, 2.05) is 20.8 Å². The first-order chi connectivity index (χ1) is 8.41. The molecule has 1 heterocycles. The predicted molar refractivity (Wildman–Crippen MR) is 73.2 cm³/mol. The van der Waals surface area contributed by atoms with Gasteiger partial charge in [0.1, 0.15) is 5.02 Å². The maximum absolute atomic E-state index is 11.9. The van der Waals surface area contributed by atoms with Gasteiger partial charge in [-0.25, -0.2) is 4.68 Å². The second-order valence-corrected chi connectivity index (χ2v) is 5.45. The van der Waals surface area contributed by atoms with Crippen molar-refractivity contribution in [2.45, 2.75) is 33.7 Å². The van der Waals surface area contributed by atoms with E-state index < -0.39 is 0 Å². The molecule has 102 valence electrons. The number of aliphatic hydroxyl groups excluding tert-OH is 1. The molecule has 0 aliphatic carbocycles. The number of hydrogen-bond acceptors (Lipinski definition) is 4. The number of aliphatic hydroxyl groups is 1. The smallest absolute Gasteiger partial charge is 0.287 e. The van der Waals surface area contributed by atoms with Crippen molar-refractivity contribution in [2.24, 2.45) is 5.41 Å². The second-order valence-electron chi connectivity index (χ2n) is 5.08. The molecule has 5 nitrogen and oxygen atoms in total. The molecule has 0 aliphatic heterocycles. The Balaban J connectivity index is 2.86. The summed E-state index contributed by atoms with van der Waals surface area (Å²) in [7, 11) is 0. The van der Waals surface area contributed by atoms with Gasteiger partial charge in [-0.15, -0.1) is 0 Å². The van der Waals surface area contributed by atoms with Crippen molar-refractivity contribution in [1.82, 2.24) is 9.78 Å². The number of hydrogen-bond donors (Lipinski definition) is 2. The highest BCUT2D eigenvalue weighted by atomic mass is 35.5. The van der Waals surface area contributed by atoms with Crippen molar-refractivity contribution in [2.75, 3.05) is 18.5 Å². The molecule has 0 unspecified atom stereocenters. The monoisotopic (exact) mass is 273 g/mol. The van der Waals surface area contributed by atoms with Crippen LogP contribution in [0.25, 0.3) is 0 Å². The third-order valence-corrected chi connectivity index (χ3v) is 2.97. The molecule has 0 spiro atoms. The van der Waals surface area contributed by atoms with E-state index >= 15 is 0 Å². The number of aromatic nitrogens is 2. The van der Waals surface area contributed by atoms with Gasteiger partial charge in [-0.3, -0.25) is 4.79 Å². The minimum atomic E-state index is -0.287. The molecule has 2 N–H and O–H groups in total. The SMILES string of the molecule is CCCn1ncc(NCC(C)(C)CO)c(Cl)c1=O. The van der Waals surface area contributed by atoms with Crippen LogP contribution in [0.15, 0.2) is 11.0 Å². The number of nitrogens with zero attached hydrogens (tertiary/aromatic N) is 2. The highest BCUT2D eigenvalue weighted by Gasteiger charge is 2.17. The minimum absolute atomic E-state index is 0.0535. The van der Waals surface area contributed by atoms with Crippen molar-refractivity contribution < 1.29 is 5.11 Å². The Kier molecular flexibility index (Phi) is 5.16. The summed E-state index contributed by atoms with van der Waals surface area (Å²) in [4.78, 5) is 11.9. The molecule has 0 saturated heterocycles. The molecule has 0 amide bonds. The zero-order valence-corrected chi connectivity index (χ0v) is 11.8. The summed E-state index contributed by atoms with van der Waals surface area (Å²) in [5.74, 6) is 0. The Morgan fingerprint density at radius 1 is 1.56 bits per heavy atom. The fourth-order valence-electron chi connectivity index (χ4n) is 1.35. The van der Waals surface area contributed by atoms with E-state index in [4.69, 9.17) is 16.7 Å². The first-order valence-electron chi connectivity index (χ1n) is 6.01. The Bertz CT molecular complexity index is 457. The van der Waals surface area contributed by atoms with Gasteiger partial charge in [0.25, 0.3) is 5.56 Å². The van der Waals surface area contributed by atoms with Crippen LogP contribution >= 0.6 is 11.6 Å². The van der Waals surface area contributed by atoms with Crippen molar-refractivity contribution in [3.8, 4) is 0 Å². The van der Waals surface area contributed by atoms with Crippen molar-refractivity contribution in [1.29, 1.82) is 0 Å². The quantitative estimate of drug-likeness (QED) is 0.828. The molecule has 0 aromatic carbocycles. The van der Waals surface area contributed by atoms with Gasteiger partial charge in [0.2, 0.25) is 0 Å². The van der Waals surface area contributed by atoms with Crippen LogP contribution in [-0.4, -0.2) is 28.0 Å². The summed E-state index contributed by atoms with van der Waals surface area (Å²) in [6.07, 6.45) is 2.38. The van der Waals surface area contributed by atoms with E-state index in [9.17, 15) is 4.79 Å². The Morgan fingerprint density at radius 2 is 2.22 bits per heavy atom. The molecule has 1 rings (SSSR count). The molecule has 6 heteroatoms. The largest absolute Gasteiger partial charge is 0.396 e. The predicted octanol–water partition coefficient (Wildman–Crippen LogP) is 1.74. The van der Waals surface area contributed by atoms with Gasteiger partial charge in [-0.05, 0) is 6.42 Å². The van der Waals surface area contributed by atoms with E-state index in [1.165, 1.54) is 4.68 Å². The molecule has 1 aromatic rings. The molecular weight excluding hydrogens is 254 g/mol. The zero-order valence-electron chi connectivity index (χ0n) is 11.0. The van der Waals surface area contributed by atoms with Crippen molar-refractivity contribution >= 4 is 17.3 Å². The van der Waals surface area contributed by atoms with E-state index in [-0.39, 0.29) is 22.6 Å². The maximum Gasteiger partial charge on any atom is 0.287 e. The minimum Gasteiger partial charge on any atom is -0.396 e. The second kappa shape index (κ2) is 6.20. The van der Waals surface area contributed by atoms with Gasteiger partial charge in [0, 0.05) is 25.1 Å². The fourth-order valence-corrected chi connectivity index (χ4v) is 1.56. The Hall–Kier alpha value is -1.07. The van der Waals surface area contributed by atoms with Crippen molar-refractivity contribution in [3.05, 3.63) is 21.6 Å². The van der Waals surface area contributed by atoms with Crippen LogP contribution < -0.4 is 10.9 Å². The summed E-state index contributed by atoms with van der Waals surface area (Å²) in [6.45, 7) is 6.93. The zero-order chi connectivity index (χ0) is 13.8. The lowest BCUT2D eigenvalue weighted by Crippen LogP contribution is -2.29. The summed E-state index contributed by atoms with van der Waals surface area (Å²) < 4.78 is 1.35. The van der Waals surface area contributed by atoms with Gasteiger partial charge in [-0.2, -0.15) is 5.10 Å². The standard InChI is InChI=1S/C12H20ClN3O2/c1-4-5-16-11(18)10(13)9(6-15-16)14-7-12(2,3)8-17/h6,14,17H,4-5,7-8H2,1-3H3. The third kappa shape index (κ3) is 3.71. The van der Waals surface area contributed by atoms with Crippen LogP contribution in [0.1, 0.15) is 27.2 Å². The number of anilines is 1. The van der Waals surface area contributed by atoms with Crippen LogP contribution in [0, 0.1) is 5.41 Å². The molecule has 0 fully saturated rings. The van der Waals surface area contributed by atoms with E-state index in [0.29, 0.717) is 18.8 Å². The summed E-state index contributed by atoms with van der Waals surface area (Å²) in [6, 6.07) is 0. The molecular formula is C12H20ClN3O2. The van der Waals surface area contributed by atoms with E-state index in [0.717, 1.165) is 6.42 Å². The molecule has 0 saturated carbocycles. The van der Waals surface area contributed by atoms with Crippen LogP contribution in [0.2, 0.25) is 5.02 Å². The number of rotatable bonds is 6. The number of aryl methyl sites for hydroxylation is 1. The number of halogens is 1. The van der Waals surface area contributed by atoms with Gasteiger partial charge in [0.05, 0.1) is 11.9 Å². The first kappa shape index (κ1) is 15.0. The highest BCUT2D eigenvalue weighted by Crippen LogP contribution is 2.19. The Morgan fingerprint density at radius 3 is 2.78 bits per heavy atom. The molecule has 0 radical (unpaired) electrons. The van der Waals surface area contributed by atoms with Crippen LogP contribution in [0.4, 0.5) is 5.69 Å². The third-order valence-electron chi connectivity index (χ3n) is 2.61. The molecule has 1 aromatic heterocycles. The van der Waals surface area contributed by atoms with Gasteiger partial charge >= 0.3 is 0 Å². The van der Waals surface area contributed by atoms with Gasteiger partial charge in [0.15, 0.2) is 0 Å². The highest BCUT2D eigenvalue weighted by molar-refractivity contribution is 6.32. The first-order valence-corrected chi connectivity index (χ1v) is 6.39. The molecule has 0 atom stereocenters. The lowest BCUT2D eigenvalue weighted by molar-refractivity contribution is 0.171. The lowest BCUT2D eigenvalue weighted by atomic mass is 9.95. The van der Waals surface area contributed by atoms with Crippen molar-refractivity contribution in [3.63, 3.8) is 0 Å². The average Bonchev–Trinajstić information content (AvgIpc) is 2.34. The summed E-state index contributed by atoms with van der Waals surface area (Å²) >= 11 is 6.01. The summed E-state index contributed by atoms with van der Waals surface area (Å²) in [5, 5.41) is 16.4. The van der Waals surface area contributed by atoms with Gasteiger partial charge in [-0.1, -0.05) is 32.4 Å². The maximum atomic E-state index is 11.9. The van der Waals surface area contributed by atoms with Crippen LogP contribution in [0.5, 0.6) is 0 Å². The normalized spacial score (nSPS) is 11.6. The Labute approximate surface area is 112 Å². The number of nitrogens with one attached hydrogen (secondary N) is 1. The fraction of sp³-hybridized carbons (Fsp3) is 0.667. The van der Waals surface area contributed by atoms with E-state index in [1.54, 1.807) is 6.20 Å². The van der Waals surface area contributed by atoms with Crippen LogP contribution in [-0.2, 0) is 6.54 Å². The molecule has 0 aliphatic rings. The lowest BCUT2D eigenvalue weighted by Gasteiger charge is -2.22. The average molecular weight is 274 g/mol. The summed E-state index contributed by atoms with van der Waals surface area (Å²) in [5.41, 5.74) is -0.0532. The van der Waals surface area contributed by atoms with Crippen LogP contribution in [0.3, 0.4) is 0 Å². The van der Waals surface area contributed by atoms with E-state index in [2.05, 4.69) is 10.4 Å². The molecule has 0 bridgehead atoms. The van der Waals surface area contributed by atoms with Gasteiger partial charge < -0.3 is 10.4 Å². The topological polar surface area (TPSA) is 67.2 Å². The molecule has 18 heavy (non-hydrogen) atoms.